The Bertz CT molecular complexity index is 530. The minimum absolute atomic E-state index is 0.850. The van der Waals surface area contributed by atoms with Crippen molar-refractivity contribution in [3.05, 3.63) is 47.3 Å². The highest BCUT2D eigenvalue weighted by molar-refractivity contribution is 5.48. The van der Waals surface area contributed by atoms with Crippen LogP contribution in [0.5, 0.6) is 0 Å². The van der Waals surface area contributed by atoms with E-state index in [0.717, 1.165) is 18.8 Å². The first-order valence-corrected chi connectivity index (χ1v) is 6.05. The summed E-state index contributed by atoms with van der Waals surface area (Å²) < 4.78 is 1.82. The highest BCUT2D eigenvalue weighted by Gasteiger charge is 2.06. The number of aromatic nitrogens is 2. The van der Waals surface area contributed by atoms with Crippen LogP contribution in [0.25, 0.3) is 0 Å². The molecule has 0 aliphatic carbocycles. The number of nitrogen functional groups attached to an aromatic ring is 1. The van der Waals surface area contributed by atoms with E-state index in [2.05, 4.69) is 30.0 Å². The monoisotopic (exact) mass is 244 g/mol. The van der Waals surface area contributed by atoms with E-state index in [4.69, 9.17) is 5.73 Å². The molecule has 2 rings (SSSR count). The predicted octanol–water partition coefficient (Wildman–Crippen LogP) is 1.94. The summed E-state index contributed by atoms with van der Waals surface area (Å²) in [7, 11) is 4.02. The third kappa shape index (κ3) is 3.11. The van der Waals surface area contributed by atoms with E-state index in [1.54, 1.807) is 0 Å². The molecule has 0 atom stereocenters. The zero-order chi connectivity index (χ0) is 13.1. The van der Waals surface area contributed by atoms with Crippen molar-refractivity contribution in [1.82, 2.24) is 14.7 Å². The van der Waals surface area contributed by atoms with Crippen molar-refractivity contribution in [2.24, 2.45) is 7.05 Å². The summed E-state index contributed by atoms with van der Waals surface area (Å²) in [6.07, 6.45) is 3.94. The number of hydrogen-bond acceptors (Lipinski definition) is 3. The number of benzene rings is 1. The molecule has 0 amide bonds. The number of anilines is 1. The van der Waals surface area contributed by atoms with Crippen molar-refractivity contribution in [2.45, 2.75) is 20.0 Å². The second-order valence-corrected chi connectivity index (χ2v) is 4.90. The SMILES string of the molecule is Cc1ccc(N)c(CN(C)Cc2cnn(C)c2)c1. The van der Waals surface area contributed by atoms with Crippen LogP contribution in [-0.2, 0) is 20.1 Å². The molecule has 0 saturated heterocycles. The number of nitrogens with two attached hydrogens (primary N) is 1. The van der Waals surface area contributed by atoms with Gasteiger partial charge in [0.15, 0.2) is 0 Å². The van der Waals surface area contributed by atoms with Crippen molar-refractivity contribution in [3.8, 4) is 0 Å². The molecule has 96 valence electrons. The first-order valence-electron chi connectivity index (χ1n) is 6.05. The fourth-order valence-electron chi connectivity index (χ4n) is 2.08. The Labute approximate surface area is 108 Å². The van der Waals surface area contributed by atoms with Crippen LogP contribution in [0.3, 0.4) is 0 Å². The van der Waals surface area contributed by atoms with E-state index >= 15 is 0 Å². The molecular weight excluding hydrogens is 224 g/mol. The Hall–Kier alpha value is -1.81. The summed E-state index contributed by atoms with van der Waals surface area (Å²) in [5.41, 5.74) is 10.5. The third-order valence-electron chi connectivity index (χ3n) is 2.95. The van der Waals surface area contributed by atoms with Crippen molar-refractivity contribution in [1.29, 1.82) is 0 Å². The molecule has 0 saturated carbocycles. The van der Waals surface area contributed by atoms with Crippen molar-refractivity contribution < 1.29 is 0 Å². The van der Waals surface area contributed by atoms with E-state index in [9.17, 15) is 0 Å². The summed E-state index contributed by atoms with van der Waals surface area (Å²) in [5.74, 6) is 0. The molecule has 0 radical (unpaired) electrons. The third-order valence-corrected chi connectivity index (χ3v) is 2.95. The van der Waals surface area contributed by atoms with Gasteiger partial charge in [-0.2, -0.15) is 5.10 Å². The maximum absolute atomic E-state index is 5.99. The van der Waals surface area contributed by atoms with Crippen molar-refractivity contribution >= 4 is 5.69 Å². The lowest BCUT2D eigenvalue weighted by Gasteiger charge is -2.17. The fourth-order valence-corrected chi connectivity index (χ4v) is 2.08. The van der Waals surface area contributed by atoms with Gasteiger partial charge in [-0.25, -0.2) is 0 Å². The molecule has 2 aromatic rings. The molecule has 0 aliphatic rings. The maximum atomic E-state index is 5.99. The van der Waals surface area contributed by atoms with E-state index in [-0.39, 0.29) is 0 Å². The van der Waals surface area contributed by atoms with Crippen LogP contribution in [0, 0.1) is 6.92 Å². The Balaban J connectivity index is 2.02. The smallest absolute Gasteiger partial charge is 0.0534 e. The maximum Gasteiger partial charge on any atom is 0.0534 e. The van der Waals surface area contributed by atoms with E-state index in [1.165, 1.54) is 16.7 Å². The second kappa shape index (κ2) is 5.23. The number of aryl methyl sites for hydroxylation is 2. The van der Waals surface area contributed by atoms with Gasteiger partial charge >= 0.3 is 0 Å². The average molecular weight is 244 g/mol. The van der Waals surface area contributed by atoms with E-state index < -0.39 is 0 Å². The van der Waals surface area contributed by atoms with Crippen LogP contribution in [0.1, 0.15) is 16.7 Å². The Morgan fingerprint density at radius 3 is 2.78 bits per heavy atom. The highest BCUT2D eigenvalue weighted by Crippen LogP contribution is 2.16. The molecule has 1 heterocycles. The minimum atomic E-state index is 0.850. The molecule has 0 spiro atoms. The second-order valence-electron chi connectivity index (χ2n) is 4.90. The molecule has 4 heteroatoms. The summed E-state index contributed by atoms with van der Waals surface area (Å²) in [5, 5.41) is 4.17. The summed E-state index contributed by atoms with van der Waals surface area (Å²) in [4.78, 5) is 2.24. The fraction of sp³-hybridized carbons (Fsp3) is 0.357. The van der Waals surface area contributed by atoms with Crippen LogP contribution < -0.4 is 5.73 Å². The average Bonchev–Trinajstić information content (AvgIpc) is 2.69. The predicted molar refractivity (Wildman–Crippen MR) is 74.0 cm³/mol. The van der Waals surface area contributed by atoms with E-state index in [1.807, 2.05) is 36.3 Å². The van der Waals surface area contributed by atoms with Crippen LogP contribution in [-0.4, -0.2) is 21.7 Å². The first kappa shape index (κ1) is 12.6. The van der Waals surface area contributed by atoms with Gasteiger partial charge in [0.25, 0.3) is 0 Å². The minimum Gasteiger partial charge on any atom is -0.398 e. The summed E-state index contributed by atoms with van der Waals surface area (Å²) >= 11 is 0. The Morgan fingerprint density at radius 1 is 1.33 bits per heavy atom. The molecule has 0 bridgehead atoms. The molecular formula is C14H20N4. The normalized spacial score (nSPS) is 11.1. The zero-order valence-corrected chi connectivity index (χ0v) is 11.2. The van der Waals surface area contributed by atoms with Gasteiger partial charge in [-0.3, -0.25) is 9.58 Å². The summed E-state index contributed by atoms with van der Waals surface area (Å²) in [6, 6.07) is 6.16. The van der Waals surface area contributed by atoms with Gasteiger partial charge in [-0.05, 0) is 25.6 Å². The molecule has 0 fully saturated rings. The zero-order valence-electron chi connectivity index (χ0n) is 11.2. The molecule has 18 heavy (non-hydrogen) atoms. The van der Waals surface area contributed by atoms with Crippen molar-refractivity contribution in [2.75, 3.05) is 12.8 Å². The van der Waals surface area contributed by atoms with Crippen LogP contribution in [0.2, 0.25) is 0 Å². The first-order chi connectivity index (χ1) is 8.54. The van der Waals surface area contributed by atoms with Gasteiger partial charge in [-0.1, -0.05) is 17.7 Å². The lowest BCUT2D eigenvalue weighted by Crippen LogP contribution is -2.17. The molecule has 1 aromatic carbocycles. The van der Waals surface area contributed by atoms with Gasteiger partial charge < -0.3 is 5.73 Å². The number of nitrogens with zero attached hydrogens (tertiary/aromatic N) is 3. The molecule has 1 aromatic heterocycles. The van der Waals surface area contributed by atoms with Crippen LogP contribution >= 0.6 is 0 Å². The highest BCUT2D eigenvalue weighted by atomic mass is 15.2. The standard InChI is InChI=1S/C14H20N4/c1-11-4-5-14(15)13(6-11)10-17(2)8-12-7-16-18(3)9-12/h4-7,9H,8,10,15H2,1-3H3. The Morgan fingerprint density at radius 2 is 2.11 bits per heavy atom. The quantitative estimate of drug-likeness (QED) is 0.836. The lowest BCUT2D eigenvalue weighted by atomic mass is 10.1. The number of rotatable bonds is 4. The lowest BCUT2D eigenvalue weighted by molar-refractivity contribution is 0.319. The van der Waals surface area contributed by atoms with Gasteiger partial charge in [-0.15, -0.1) is 0 Å². The van der Waals surface area contributed by atoms with Gasteiger partial charge in [0, 0.05) is 37.6 Å². The molecule has 0 unspecified atom stereocenters. The topological polar surface area (TPSA) is 47.1 Å². The Kier molecular flexibility index (Phi) is 3.67. The molecule has 0 aliphatic heterocycles. The van der Waals surface area contributed by atoms with Crippen LogP contribution in [0.4, 0.5) is 5.69 Å². The largest absolute Gasteiger partial charge is 0.398 e. The van der Waals surface area contributed by atoms with Gasteiger partial charge in [0.1, 0.15) is 0 Å². The van der Waals surface area contributed by atoms with Gasteiger partial charge in [0.05, 0.1) is 6.20 Å². The van der Waals surface area contributed by atoms with E-state index in [0.29, 0.717) is 0 Å². The number of hydrogen-bond donors (Lipinski definition) is 1. The molecule has 2 N–H and O–H groups in total. The summed E-state index contributed by atoms with van der Waals surface area (Å²) in [6.45, 7) is 3.81. The molecule has 4 nitrogen and oxygen atoms in total. The van der Waals surface area contributed by atoms with Crippen molar-refractivity contribution in [3.63, 3.8) is 0 Å². The van der Waals surface area contributed by atoms with Crippen LogP contribution in [0.15, 0.2) is 30.6 Å². The van der Waals surface area contributed by atoms with Gasteiger partial charge in [0.2, 0.25) is 0 Å².